The fourth-order valence-electron chi connectivity index (χ4n) is 1.99. The third-order valence-corrected chi connectivity index (χ3v) is 3.06. The van der Waals surface area contributed by atoms with E-state index in [4.69, 9.17) is 10.2 Å². The van der Waals surface area contributed by atoms with E-state index in [0.717, 1.165) is 19.3 Å². The summed E-state index contributed by atoms with van der Waals surface area (Å²) in [6, 6.07) is 7.50. The number of aryl methyl sites for hydroxylation is 1. The number of unbranched alkanes of at least 4 members (excludes halogenated alkanes) is 6. The van der Waals surface area contributed by atoms with Gasteiger partial charge in [0, 0.05) is 6.61 Å². The number of rotatable bonds is 9. The van der Waals surface area contributed by atoms with E-state index in [9.17, 15) is 0 Å². The van der Waals surface area contributed by atoms with E-state index >= 15 is 0 Å². The molecule has 0 atom stereocenters. The summed E-state index contributed by atoms with van der Waals surface area (Å²) in [7, 11) is 0. The van der Waals surface area contributed by atoms with Crippen LogP contribution in [0.1, 0.15) is 50.5 Å². The Bertz CT molecular complexity index is 279. The zero-order chi connectivity index (χ0) is 12.3. The first kappa shape index (κ1) is 14.0. The van der Waals surface area contributed by atoms with Gasteiger partial charge in [0.1, 0.15) is 5.75 Å². The SMILES string of the molecule is OCCCCCCCCCc1ccc(O)cc1. The molecule has 0 bridgehead atoms. The number of aliphatic hydroxyl groups is 1. The fourth-order valence-corrected chi connectivity index (χ4v) is 1.99. The number of aromatic hydroxyl groups is 1. The maximum atomic E-state index is 9.15. The summed E-state index contributed by atoms with van der Waals surface area (Å²) in [6.07, 6.45) is 9.56. The maximum absolute atomic E-state index is 9.15. The van der Waals surface area contributed by atoms with Gasteiger partial charge in [-0.1, -0.05) is 44.2 Å². The highest BCUT2D eigenvalue weighted by Crippen LogP contribution is 2.13. The van der Waals surface area contributed by atoms with Crippen LogP contribution in [0.5, 0.6) is 5.75 Å². The molecule has 0 radical (unpaired) electrons. The lowest BCUT2D eigenvalue weighted by Gasteiger charge is -2.02. The van der Waals surface area contributed by atoms with Crippen molar-refractivity contribution in [3.05, 3.63) is 29.8 Å². The van der Waals surface area contributed by atoms with Gasteiger partial charge in [-0.2, -0.15) is 0 Å². The highest BCUT2D eigenvalue weighted by Gasteiger charge is 1.95. The number of aliphatic hydroxyl groups excluding tert-OH is 1. The standard InChI is InChI=1S/C15H24O2/c16-13-7-5-3-1-2-4-6-8-14-9-11-15(17)12-10-14/h9-12,16-17H,1-8,13H2. The molecule has 2 heteroatoms. The van der Waals surface area contributed by atoms with Crippen molar-refractivity contribution in [2.75, 3.05) is 6.61 Å². The molecule has 96 valence electrons. The lowest BCUT2D eigenvalue weighted by molar-refractivity contribution is 0.282. The Hall–Kier alpha value is -1.02. The normalized spacial score (nSPS) is 10.6. The molecule has 1 aromatic carbocycles. The van der Waals surface area contributed by atoms with Gasteiger partial charge in [-0.05, 0) is 37.0 Å². The fraction of sp³-hybridized carbons (Fsp3) is 0.600. The van der Waals surface area contributed by atoms with Gasteiger partial charge in [-0.15, -0.1) is 0 Å². The molecule has 1 rings (SSSR count). The molecule has 0 saturated heterocycles. The lowest BCUT2D eigenvalue weighted by atomic mass is 10.0. The predicted molar refractivity (Wildman–Crippen MR) is 71.2 cm³/mol. The third-order valence-electron chi connectivity index (χ3n) is 3.06. The Morgan fingerprint density at radius 1 is 0.706 bits per heavy atom. The average molecular weight is 236 g/mol. The highest BCUT2D eigenvalue weighted by atomic mass is 16.3. The largest absolute Gasteiger partial charge is 0.508 e. The third kappa shape index (κ3) is 7.01. The summed E-state index contributed by atoms with van der Waals surface area (Å²) >= 11 is 0. The van der Waals surface area contributed by atoms with Crippen molar-refractivity contribution in [1.29, 1.82) is 0 Å². The van der Waals surface area contributed by atoms with Crippen LogP contribution >= 0.6 is 0 Å². The van der Waals surface area contributed by atoms with Crippen LogP contribution in [0, 0.1) is 0 Å². The number of hydrogen-bond donors (Lipinski definition) is 2. The zero-order valence-electron chi connectivity index (χ0n) is 10.6. The van der Waals surface area contributed by atoms with Crippen LogP contribution in [0.15, 0.2) is 24.3 Å². The Labute approximate surface area is 104 Å². The van der Waals surface area contributed by atoms with Crippen molar-refractivity contribution in [2.45, 2.75) is 51.4 Å². The molecule has 0 aliphatic heterocycles. The van der Waals surface area contributed by atoms with Crippen LogP contribution in [0.3, 0.4) is 0 Å². The Kier molecular flexibility index (Phi) is 7.48. The summed E-state index contributed by atoms with van der Waals surface area (Å²) in [4.78, 5) is 0. The van der Waals surface area contributed by atoms with Crippen molar-refractivity contribution < 1.29 is 10.2 Å². The van der Waals surface area contributed by atoms with E-state index in [1.165, 1.54) is 37.7 Å². The van der Waals surface area contributed by atoms with Gasteiger partial charge in [0.15, 0.2) is 0 Å². The molecule has 0 heterocycles. The minimum absolute atomic E-state index is 0.334. The van der Waals surface area contributed by atoms with Crippen LogP contribution in [0.2, 0.25) is 0 Å². The van der Waals surface area contributed by atoms with Crippen LogP contribution < -0.4 is 0 Å². The minimum atomic E-state index is 0.334. The van der Waals surface area contributed by atoms with Gasteiger partial charge in [0.05, 0.1) is 0 Å². The van der Waals surface area contributed by atoms with E-state index in [-0.39, 0.29) is 0 Å². The quantitative estimate of drug-likeness (QED) is 0.642. The van der Waals surface area contributed by atoms with E-state index in [1.54, 1.807) is 12.1 Å². The van der Waals surface area contributed by atoms with Crippen molar-refractivity contribution in [3.63, 3.8) is 0 Å². The second-order valence-corrected chi connectivity index (χ2v) is 4.61. The second kappa shape index (κ2) is 9.06. The van der Waals surface area contributed by atoms with Gasteiger partial charge in [-0.3, -0.25) is 0 Å². The van der Waals surface area contributed by atoms with Crippen molar-refractivity contribution >= 4 is 0 Å². The average Bonchev–Trinajstić information content (AvgIpc) is 2.35. The minimum Gasteiger partial charge on any atom is -0.508 e. The van der Waals surface area contributed by atoms with Crippen molar-refractivity contribution in [2.24, 2.45) is 0 Å². The maximum Gasteiger partial charge on any atom is 0.115 e. The molecule has 2 N–H and O–H groups in total. The molecule has 0 unspecified atom stereocenters. The van der Waals surface area contributed by atoms with Gasteiger partial charge < -0.3 is 10.2 Å². The first-order valence-electron chi connectivity index (χ1n) is 6.71. The number of phenols is 1. The molecule has 17 heavy (non-hydrogen) atoms. The number of phenolic OH excluding ortho intramolecular Hbond substituents is 1. The molecule has 0 saturated carbocycles. The number of hydrogen-bond acceptors (Lipinski definition) is 2. The van der Waals surface area contributed by atoms with Crippen molar-refractivity contribution in [3.8, 4) is 5.75 Å². The Morgan fingerprint density at radius 3 is 1.82 bits per heavy atom. The predicted octanol–water partition coefficient (Wildman–Crippen LogP) is 3.66. The summed E-state index contributed by atoms with van der Waals surface area (Å²) < 4.78 is 0. The smallest absolute Gasteiger partial charge is 0.115 e. The molecular formula is C15H24O2. The van der Waals surface area contributed by atoms with Gasteiger partial charge in [0.25, 0.3) is 0 Å². The van der Waals surface area contributed by atoms with E-state index < -0.39 is 0 Å². The molecule has 2 nitrogen and oxygen atoms in total. The highest BCUT2D eigenvalue weighted by molar-refractivity contribution is 5.25. The van der Waals surface area contributed by atoms with Gasteiger partial charge in [-0.25, -0.2) is 0 Å². The van der Waals surface area contributed by atoms with Crippen molar-refractivity contribution in [1.82, 2.24) is 0 Å². The lowest BCUT2D eigenvalue weighted by Crippen LogP contribution is -1.87. The van der Waals surface area contributed by atoms with E-state index in [0.29, 0.717) is 12.4 Å². The molecular weight excluding hydrogens is 212 g/mol. The van der Waals surface area contributed by atoms with Crippen LogP contribution in [0.25, 0.3) is 0 Å². The summed E-state index contributed by atoms with van der Waals surface area (Å²) in [5.41, 5.74) is 1.31. The first-order chi connectivity index (χ1) is 8.33. The van der Waals surface area contributed by atoms with E-state index in [1.807, 2.05) is 12.1 Å². The summed E-state index contributed by atoms with van der Waals surface area (Å²) in [5, 5.41) is 17.8. The van der Waals surface area contributed by atoms with Crippen LogP contribution in [-0.2, 0) is 6.42 Å². The first-order valence-corrected chi connectivity index (χ1v) is 6.71. The Balaban J connectivity index is 1.95. The zero-order valence-corrected chi connectivity index (χ0v) is 10.6. The van der Waals surface area contributed by atoms with Crippen LogP contribution in [0.4, 0.5) is 0 Å². The van der Waals surface area contributed by atoms with Gasteiger partial charge in [0.2, 0.25) is 0 Å². The molecule has 0 aliphatic rings. The molecule has 0 aliphatic carbocycles. The molecule has 0 spiro atoms. The van der Waals surface area contributed by atoms with Crippen LogP contribution in [-0.4, -0.2) is 16.8 Å². The molecule has 1 aromatic rings. The molecule has 0 aromatic heterocycles. The summed E-state index contributed by atoms with van der Waals surface area (Å²) in [5.74, 6) is 0.345. The molecule has 0 fully saturated rings. The second-order valence-electron chi connectivity index (χ2n) is 4.61. The summed E-state index contributed by atoms with van der Waals surface area (Å²) in [6.45, 7) is 0.334. The Morgan fingerprint density at radius 2 is 1.24 bits per heavy atom. The van der Waals surface area contributed by atoms with E-state index in [2.05, 4.69) is 0 Å². The number of benzene rings is 1. The van der Waals surface area contributed by atoms with Gasteiger partial charge >= 0.3 is 0 Å². The monoisotopic (exact) mass is 236 g/mol. The topological polar surface area (TPSA) is 40.5 Å². The molecule has 0 amide bonds.